The van der Waals surface area contributed by atoms with E-state index in [0.29, 0.717) is 10.8 Å². The Morgan fingerprint density at radius 3 is 2.95 bits per heavy atom. The largest absolute Gasteiger partial charge is 0.477 e. The van der Waals surface area contributed by atoms with Crippen LogP contribution in [-0.4, -0.2) is 49.9 Å². The molecule has 3 heterocycles. The molecule has 4 N–H and O–H groups in total. The van der Waals surface area contributed by atoms with Crippen molar-refractivity contribution in [3.8, 4) is 0 Å². The number of thiazole rings is 1. The highest BCUT2D eigenvalue weighted by atomic mass is 32.2. The van der Waals surface area contributed by atoms with Crippen LogP contribution in [0.15, 0.2) is 23.3 Å². The number of hydrogen-bond acceptors (Lipinski definition) is 7. The number of aromatic nitrogens is 1. The van der Waals surface area contributed by atoms with E-state index in [4.69, 9.17) is 10.8 Å². The van der Waals surface area contributed by atoms with Gasteiger partial charge >= 0.3 is 5.97 Å². The third-order valence-corrected chi connectivity index (χ3v) is 5.41. The number of hydrogen-bond donors (Lipinski definition) is 3. The summed E-state index contributed by atoms with van der Waals surface area (Å²) in [6.45, 7) is 0. The van der Waals surface area contributed by atoms with E-state index >= 15 is 0 Å². The predicted molar refractivity (Wildman–Crippen MR) is 79.8 cm³/mol. The molecule has 2 aliphatic rings. The first-order valence-corrected chi connectivity index (χ1v) is 8.27. The van der Waals surface area contributed by atoms with E-state index in [-0.39, 0.29) is 5.70 Å². The molecule has 0 bridgehead atoms. The zero-order valence-corrected chi connectivity index (χ0v) is 12.8. The third kappa shape index (κ3) is 2.38. The second-order valence-corrected chi connectivity index (χ2v) is 6.74. The number of carboxylic acids is 1. The van der Waals surface area contributed by atoms with Gasteiger partial charge in [0, 0.05) is 17.3 Å². The molecule has 8 nitrogen and oxygen atoms in total. The van der Waals surface area contributed by atoms with Crippen molar-refractivity contribution in [2.75, 3.05) is 5.75 Å². The van der Waals surface area contributed by atoms with Gasteiger partial charge in [-0.25, -0.2) is 9.78 Å². The predicted octanol–water partition coefficient (Wildman–Crippen LogP) is -0.489. The molecule has 0 saturated carbocycles. The maximum Gasteiger partial charge on any atom is 0.352 e. The van der Waals surface area contributed by atoms with Crippen molar-refractivity contribution < 1.29 is 19.5 Å². The molecule has 1 unspecified atom stereocenters. The Morgan fingerprint density at radius 2 is 2.32 bits per heavy atom. The lowest BCUT2D eigenvalue weighted by molar-refractivity contribution is -0.150. The van der Waals surface area contributed by atoms with Crippen molar-refractivity contribution in [1.82, 2.24) is 15.2 Å². The molecule has 10 heteroatoms. The van der Waals surface area contributed by atoms with E-state index in [2.05, 4.69) is 10.3 Å². The van der Waals surface area contributed by atoms with Gasteiger partial charge in [-0.05, 0) is 6.08 Å². The van der Waals surface area contributed by atoms with Gasteiger partial charge in [-0.2, -0.15) is 0 Å². The Kier molecular flexibility index (Phi) is 3.89. The van der Waals surface area contributed by atoms with Gasteiger partial charge < -0.3 is 16.2 Å². The highest BCUT2D eigenvalue weighted by Crippen LogP contribution is 2.37. The Bertz CT molecular complexity index is 660. The fourth-order valence-corrected chi connectivity index (χ4v) is 4.11. The molecule has 22 heavy (non-hydrogen) atoms. The quantitative estimate of drug-likeness (QED) is 0.632. The van der Waals surface area contributed by atoms with Crippen molar-refractivity contribution in [2.24, 2.45) is 5.73 Å². The summed E-state index contributed by atoms with van der Waals surface area (Å²) in [7, 11) is 0. The van der Waals surface area contributed by atoms with Crippen molar-refractivity contribution in [3.63, 3.8) is 0 Å². The minimum absolute atomic E-state index is 0.0385. The van der Waals surface area contributed by atoms with E-state index in [1.54, 1.807) is 11.6 Å². The topological polar surface area (TPSA) is 126 Å². The summed E-state index contributed by atoms with van der Waals surface area (Å²) in [5, 5.41) is 13.4. The number of aliphatic carboxylic acids is 1. The van der Waals surface area contributed by atoms with E-state index in [0.717, 1.165) is 0 Å². The van der Waals surface area contributed by atoms with Gasteiger partial charge in [0.25, 0.3) is 5.91 Å². The minimum Gasteiger partial charge on any atom is -0.477 e. The molecule has 1 aromatic rings. The van der Waals surface area contributed by atoms with E-state index in [1.165, 1.54) is 34.1 Å². The number of fused-ring (bicyclic) bond motifs is 1. The molecule has 116 valence electrons. The van der Waals surface area contributed by atoms with Crippen LogP contribution in [0.3, 0.4) is 0 Å². The number of nitrogens with zero attached hydrogens (tertiary/aromatic N) is 2. The number of nitrogens with two attached hydrogens (primary N) is 1. The summed E-state index contributed by atoms with van der Waals surface area (Å²) < 4.78 is 0. The highest BCUT2D eigenvalue weighted by Gasteiger charge is 2.53. The molecule has 0 aliphatic carbocycles. The van der Waals surface area contributed by atoms with Crippen molar-refractivity contribution >= 4 is 40.9 Å². The van der Waals surface area contributed by atoms with Crippen LogP contribution in [0.2, 0.25) is 0 Å². The Balaban J connectivity index is 1.68. The van der Waals surface area contributed by atoms with Crippen LogP contribution in [-0.2, 0) is 14.4 Å². The minimum atomic E-state index is -1.15. The first-order valence-electron chi connectivity index (χ1n) is 6.34. The lowest BCUT2D eigenvalue weighted by atomic mass is 10.0. The molecule has 3 atom stereocenters. The molecular weight excluding hydrogens is 328 g/mol. The number of β-lactam (4-membered cyclic amide) rings is 1. The molecule has 1 saturated heterocycles. The second-order valence-electron chi connectivity index (χ2n) is 4.66. The molecule has 0 aromatic carbocycles. The molecular formula is C12H12N4O4S2. The van der Waals surface area contributed by atoms with E-state index < -0.39 is 35.2 Å². The zero-order chi connectivity index (χ0) is 15.9. The first-order chi connectivity index (χ1) is 10.5. The van der Waals surface area contributed by atoms with Crippen molar-refractivity contribution in [2.45, 2.75) is 17.5 Å². The van der Waals surface area contributed by atoms with Gasteiger partial charge in [0.05, 0.1) is 0 Å². The average Bonchev–Trinajstić information content (AvgIpc) is 3.04. The van der Waals surface area contributed by atoms with Gasteiger partial charge in [0.1, 0.15) is 28.2 Å². The number of nitrogens with one attached hydrogen (secondary N) is 1. The lowest BCUT2D eigenvalue weighted by Gasteiger charge is -2.48. The van der Waals surface area contributed by atoms with Gasteiger partial charge in [-0.1, -0.05) is 0 Å². The molecule has 0 radical (unpaired) electrons. The molecule has 1 aromatic heterocycles. The summed E-state index contributed by atoms with van der Waals surface area (Å²) in [6.07, 6.45) is 3.03. The summed E-state index contributed by atoms with van der Waals surface area (Å²) in [5.74, 6) is -1.62. The number of carbonyl (C=O) groups is 3. The SMILES string of the molecule is NC(C(=O)N[C@@H]1C(=O)N2C(C(=O)O)=CCS[C@@H]12)c1nccs1. The summed E-state index contributed by atoms with van der Waals surface area (Å²) >= 11 is 2.65. The van der Waals surface area contributed by atoms with Crippen molar-refractivity contribution in [3.05, 3.63) is 28.4 Å². The first kappa shape index (κ1) is 15.0. The van der Waals surface area contributed by atoms with Crippen LogP contribution in [0.1, 0.15) is 11.0 Å². The number of thioether (sulfide) groups is 1. The molecule has 0 spiro atoms. The summed E-state index contributed by atoms with van der Waals surface area (Å²) in [5.41, 5.74) is 5.76. The molecule has 2 amide bonds. The average molecular weight is 340 g/mol. The van der Waals surface area contributed by atoms with Crippen LogP contribution in [0.5, 0.6) is 0 Å². The molecule has 2 aliphatic heterocycles. The Hall–Kier alpha value is -1.91. The van der Waals surface area contributed by atoms with E-state index in [1.807, 2.05) is 0 Å². The zero-order valence-electron chi connectivity index (χ0n) is 11.1. The maximum atomic E-state index is 12.1. The third-order valence-electron chi connectivity index (χ3n) is 3.36. The van der Waals surface area contributed by atoms with Gasteiger partial charge in [-0.15, -0.1) is 23.1 Å². The van der Waals surface area contributed by atoms with Crippen LogP contribution < -0.4 is 11.1 Å². The van der Waals surface area contributed by atoms with Crippen molar-refractivity contribution in [1.29, 1.82) is 0 Å². The second kappa shape index (κ2) is 5.71. The molecule has 3 rings (SSSR count). The summed E-state index contributed by atoms with van der Waals surface area (Å²) in [4.78, 5) is 40.5. The van der Waals surface area contributed by atoms with Crippen LogP contribution in [0, 0.1) is 0 Å². The highest BCUT2D eigenvalue weighted by molar-refractivity contribution is 8.00. The fraction of sp³-hybridized carbons (Fsp3) is 0.333. The number of carbonyl (C=O) groups excluding carboxylic acids is 2. The number of amides is 2. The van der Waals surface area contributed by atoms with Crippen LogP contribution >= 0.6 is 23.1 Å². The Labute approximate surface area is 133 Å². The lowest BCUT2D eigenvalue weighted by Crippen LogP contribution is -2.70. The van der Waals surface area contributed by atoms with E-state index in [9.17, 15) is 14.4 Å². The van der Waals surface area contributed by atoms with Gasteiger partial charge in [-0.3, -0.25) is 14.5 Å². The van der Waals surface area contributed by atoms with Crippen LogP contribution in [0.4, 0.5) is 0 Å². The summed E-state index contributed by atoms with van der Waals surface area (Å²) in [6, 6.07) is -1.70. The normalized spacial score (nSPS) is 24.9. The standard InChI is InChI=1S/C12H12N4O4S2/c13-6(9-14-2-4-21-9)8(17)15-7-10(18)16-5(12(19)20)1-3-22-11(7)16/h1-2,4,6-7,11H,3,13H2,(H,15,17)(H,19,20)/t6?,7-,11+/m1/s1. The molecule has 1 fully saturated rings. The van der Waals surface area contributed by atoms with Gasteiger partial charge in [0.2, 0.25) is 5.91 Å². The van der Waals surface area contributed by atoms with Crippen LogP contribution in [0.25, 0.3) is 0 Å². The smallest absolute Gasteiger partial charge is 0.352 e. The maximum absolute atomic E-state index is 12.1. The van der Waals surface area contributed by atoms with Gasteiger partial charge in [0.15, 0.2) is 0 Å². The fourth-order valence-electron chi connectivity index (χ4n) is 2.28. The monoisotopic (exact) mass is 340 g/mol. The Morgan fingerprint density at radius 1 is 1.55 bits per heavy atom. The number of carboxylic acid groups (broad SMARTS) is 1. The number of rotatable bonds is 4.